The monoisotopic (exact) mass is 269 g/mol. The molecule has 0 saturated heterocycles. The minimum Gasteiger partial charge on any atom is -0.461 e. The average molecular weight is 270 g/mol. The van der Waals surface area contributed by atoms with E-state index in [2.05, 4.69) is 18.8 Å². The van der Waals surface area contributed by atoms with Gasteiger partial charge in [-0.3, -0.25) is 0 Å². The van der Waals surface area contributed by atoms with Crippen molar-refractivity contribution < 1.29 is 9.53 Å². The van der Waals surface area contributed by atoms with E-state index in [1.54, 1.807) is 18.2 Å². The zero-order valence-electron chi connectivity index (χ0n) is 11.0. The predicted octanol–water partition coefficient (Wildman–Crippen LogP) is 4.11. The molecule has 0 N–H and O–H groups in total. The quantitative estimate of drug-likeness (QED) is 0.552. The topological polar surface area (TPSA) is 39.2 Å². The van der Waals surface area contributed by atoms with E-state index < -0.39 is 5.97 Å². The zero-order chi connectivity index (χ0) is 13.4. The van der Waals surface area contributed by atoms with Crippen LogP contribution < -0.4 is 0 Å². The van der Waals surface area contributed by atoms with E-state index in [1.807, 2.05) is 0 Å². The van der Waals surface area contributed by atoms with Crippen LogP contribution in [0.1, 0.15) is 50.0 Å². The molecule has 4 heteroatoms. The van der Waals surface area contributed by atoms with Crippen LogP contribution in [0.5, 0.6) is 0 Å². The fourth-order valence-electron chi connectivity index (χ4n) is 1.69. The van der Waals surface area contributed by atoms with Crippen molar-refractivity contribution in [2.45, 2.75) is 39.5 Å². The van der Waals surface area contributed by atoms with Gasteiger partial charge in [0.2, 0.25) is 0 Å². The molecule has 1 unspecified atom stereocenters. The maximum atomic E-state index is 11.7. The summed E-state index contributed by atoms with van der Waals surface area (Å²) in [5.41, 5.74) is 0.271. The molecule has 100 valence electrons. The largest absolute Gasteiger partial charge is 0.461 e. The minimum atomic E-state index is -0.396. The fraction of sp³-hybridized carbons (Fsp3) is 0.571. The summed E-state index contributed by atoms with van der Waals surface area (Å²) < 4.78 is 5.27. The normalized spacial score (nSPS) is 12.2. The van der Waals surface area contributed by atoms with Crippen molar-refractivity contribution in [3.05, 3.63) is 29.0 Å². The third-order valence-electron chi connectivity index (χ3n) is 2.92. The molecule has 0 aliphatic heterocycles. The molecule has 3 nitrogen and oxygen atoms in total. The van der Waals surface area contributed by atoms with Gasteiger partial charge in [-0.15, -0.1) is 0 Å². The lowest BCUT2D eigenvalue weighted by molar-refractivity contribution is 0.0421. The highest BCUT2D eigenvalue weighted by molar-refractivity contribution is 6.29. The second-order valence-electron chi connectivity index (χ2n) is 4.36. The molecule has 0 aliphatic rings. The van der Waals surface area contributed by atoms with Crippen LogP contribution in [0.25, 0.3) is 0 Å². The molecule has 0 saturated carbocycles. The van der Waals surface area contributed by atoms with Gasteiger partial charge in [0.05, 0.1) is 6.61 Å². The molecule has 18 heavy (non-hydrogen) atoms. The van der Waals surface area contributed by atoms with E-state index in [1.165, 1.54) is 12.8 Å². The Morgan fingerprint density at radius 3 is 2.83 bits per heavy atom. The van der Waals surface area contributed by atoms with Crippen molar-refractivity contribution in [2.24, 2.45) is 5.92 Å². The Labute approximate surface area is 114 Å². The highest BCUT2D eigenvalue weighted by Crippen LogP contribution is 2.14. The first kappa shape index (κ1) is 15.0. The highest BCUT2D eigenvalue weighted by atomic mass is 35.5. The molecular formula is C14H20ClNO2. The number of halogens is 1. The van der Waals surface area contributed by atoms with Crippen LogP contribution in [0.3, 0.4) is 0 Å². The van der Waals surface area contributed by atoms with Crippen LogP contribution in [0, 0.1) is 5.92 Å². The highest BCUT2D eigenvalue weighted by Gasteiger charge is 2.13. The van der Waals surface area contributed by atoms with Crippen LogP contribution in [-0.2, 0) is 4.74 Å². The van der Waals surface area contributed by atoms with Gasteiger partial charge in [-0.1, -0.05) is 50.8 Å². The van der Waals surface area contributed by atoms with Gasteiger partial charge in [0.25, 0.3) is 0 Å². The lowest BCUT2D eigenvalue weighted by atomic mass is 10.0. The standard InChI is InChI=1S/C14H20ClNO2/c1-3-5-7-11(4-2)10-18-14(17)12-8-6-9-13(15)16-12/h6,8-9,11H,3-5,7,10H2,1-2H3. The van der Waals surface area contributed by atoms with Crippen LogP contribution in [0.15, 0.2) is 18.2 Å². The zero-order valence-corrected chi connectivity index (χ0v) is 11.7. The van der Waals surface area contributed by atoms with Crippen molar-refractivity contribution in [2.75, 3.05) is 6.61 Å². The summed E-state index contributed by atoms with van der Waals surface area (Å²) in [4.78, 5) is 15.7. The molecule has 0 bridgehead atoms. The maximum Gasteiger partial charge on any atom is 0.356 e. The SMILES string of the molecule is CCCCC(CC)COC(=O)c1cccc(Cl)n1. The second kappa shape index (κ2) is 8.09. The van der Waals surface area contributed by atoms with Gasteiger partial charge in [0.1, 0.15) is 10.8 Å². The first-order valence-corrected chi connectivity index (χ1v) is 6.84. The maximum absolute atomic E-state index is 11.7. The molecule has 0 radical (unpaired) electrons. The Hall–Kier alpha value is -1.09. The van der Waals surface area contributed by atoms with E-state index in [4.69, 9.17) is 16.3 Å². The van der Waals surface area contributed by atoms with Crippen LogP contribution in [0.4, 0.5) is 0 Å². The number of hydrogen-bond donors (Lipinski definition) is 0. The van der Waals surface area contributed by atoms with Crippen molar-refractivity contribution >= 4 is 17.6 Å². The molecular weight excluding hydrogens is 250 g/mol. The van der Waals surface area contributed by atoms with E-state index in [9.17, 15) is 4.79 Å². The molecule has 1 atom stereocenters. The summed E-state index contributed by atoms with van der Waals surface area (Å²) in [6.45, 7) is 4.74. The predicted molar refractivity (Wildman–Crippen MR) is 72.8 cm³/mol. The molecule has 0 spiro atoms. The summed E-state index contributed by atoms with van der Waals surface area (Å²) >= 11 is 5.73. The molecule has 1 heterocycles. The molecule has 1 aromatic heterocycles. The van der Waals surface area contributed by atoms with Crippen molar-refractivity contribution in [1.29, 1.82) is 0 Å². The van der Waals surface area contributed by atoms with E-state index >= 15 is 0 Å². The molecule has 0 aliphatic carbocycles. The first-order chi connectivity index (χ1) is 8.67. The lowest BCUT2D eigenvalue weighted by Gasteiger charge is -2.14. The Kier molecular flexibility index (Phi) is 6.73. The van der Waals surface area contributed by atoms with Crippen molar-refractivity contribution in [1.82, 2.24) is 4.98 Å². The van der Waals surface area contributed by atoms with Crippen molar-refractivity contribution in [3.63, 3.8) is 0 Å². The Balaban J connectivity index is 2.44. The molecule has 0 amide bonds. The number of carbonyl (C=O) groups excluding carboxylic acids is 1. The van der Waals surface area contributed by atoms with Gasteiger partial charge < -0.3 is 4.74 Å². The lowest BCUT2D eigenvalue weighted by Crippen LogP contribution is -2.15. The average Bonchev–Trinajstić information content (AvgIpc) is 2.38. The Morgan fingerprint density at radius 1 is 1.44 bits per heavy atom. The van der Waals surface area contributed by atoms with E-state index in [0.717, 1.165) is 12.8 Å². The summed E-state index contributed by atoms with van der Waals surface area (Å²) in [5, 5.41) is 0.308. The van der Waals surface area contributed by atoms with E-state index in [-0.39, 0.29) is 5.69 Å². The van der Waals surface area contributed by atoms with Gasteiger partial charge in [0.15, 0.2) is 0 Å². The van der Waals surface area contributed by atoms with Crippen LogP contribution in [-0.4, -0.2) is 17.6 Å². The summed E-state index contributed by atoms with van der Waals surface area (Å²) in [6, 6.07) is 4.94. The molecule has 1 rings (SSSR count). The summed E-state index contributed by atoms with van der Waals surface area (Å²) in [7, 11) is 0. The fourth-order valence-corrected chi connectivity index (χ4v) is 1.85. The number of pyridine rings is 1. The Morgan fingerprint density at radius 2 is 2.22 bits per heavy atom. The number of hydrogen-bond acceptors (Lipinski definition) is 3. The third-order valence-corrected chi connectivity index (χ3v) is 3.13. The first-order valence-electron chi connectivity index (χ1n) is 6.47. The number of esters is 1. The number of rotatable bonds is 7. The number of aromatic nitrogens is 1. The van der Waals surface area contributed by atoms with Gasteiger partial charge in [-0.05, 0) is 24.5 Å². The molecule has 0 fully saturated rings. The van der Waals surface area contributed by atoms with Gasteiger partial charge in [-0.25, -0.2) is 9.78 Å². The number of unbranched alkanes of at least 4 members (excludes halogenated alkanes) is 1. The van der Waals surface area contributed by atoms with Gasteiger partial charge >= 0.3 is 5.97 Å². The van der Waals surface area contributed by atoms with Gasteiger partial charge in [0, 0.05) is 0 Å². The third kappa shape index (κ3) is 5.05. The van der Waals surface area contributed by atoms with Crippen LogP contribution >= 0.6 is 11.6 Å². The summed E-state index contributed by atoms with van der Waals surface area (Å²) in [5.74, 6) is 0.0422. The molecule has 1 aromatic rings. The van der Waals surface area contributed by atoms with E-state index in [0.29, 0.717) is 17.7 Å². The van der Waals surface area contributed by atoms with Gasteiger partial charge in [-0.2, -0.15) is 0 Å². The number of ether oxygens (including phenoxy) is 1. The Bertz CT molecular complexity index is 382. The second-order valence-corrected chi connectivity index (χ2v) is 4.75. The molecule has 0 aromatic carbocycles. The summed E-state index contributed by atoms with van der Waals surface area (Å²) in [6.07, 6.45) is 4.46. The number of nitrogens with zero attached hydrogens (tertiary/aromatic N) is 1. The number of carbonyl (C=O) groups is 1. The van der Waals surface area contributed by atoms with Crippen molar-refractivity contribution in [3.8, 4) is 0 Å². The van der Waals surface area contributed by atoms with Crippen LogP contribution in [0.2, 0.25) is 5.15 Å². The smallest absolute Gasteiger partial charge is 0.356 e. The minimum absolute atomic E-state index is 0.271.